The largest absolute Gasteiger partial charge is 0.337 e. The molecule has 7 heteroatoms. The molecule has 1 amide bonds. The van der Waals surface area contributed by atoms with Crippen LogP contribution >= 0.6 is 15.9 Å². The minimum atomic E-state index is -0.508. The Balaban J connectivity index is 2.23. The highest BCUT2D eigenvalue weighted by Gasteiger charge is 2.27. The zero-order chi connectivity index (χ0) is 14.9. The fraction of sp³-hybridized carbons (Fsp3) is 0.462. The molecule has 20 heavy (non-hydrogen) atoms. The molecule has 0 spiro atoms. The van der Waals surface area contributed by atoms with Crippen molar-refractivity contribution in [1.82, 2.24) is 4.90 Å². The lowest BCUT2D eigenvalue weighted by Crippen LogP contribution is -2.49. The van der Waals surface area contributed by atoms with Gasteiger partial charge in [0.1, 0.15) is 0 Å². The number of non-ortho nitro benzene ring substituents is 1. The van der Waals surface area contributed by atoms with Gasteiger partial charge in [0.05, 0.1) is 4.92 Å². The third kappa shape index (κ3) is 3.16. The molecule has 1 fully saturated rings. The predicted octanol–water partition coefficient (Wildman–Crippen LogP) is 2.17. The van der Waals surface area contributed by atoms with Crippen molar-refractivity contribution in [2.24, 2.45) is 11.7 Å². The van der Waals surface area contributed by atoms with Crippen LogP contribution in [-0.4, -0.2) is 34.9 Å². The third-order valence-electron chi connectivity index (χ3n) is 3.64. The number of benzene rings is 1. The fourth-order valence-corrected chi connectivity index (χ4v) is 2.75. The van der Waals surface area contributed by atoms with Gasteiger partial charge >= 0.3 is 0 Å². The average Bonchev–Trinajstić information content (AvgIpc) is 2.40. The molecule has 1 aromatic rings. The molecule has 1 aromatic carbocycles. The number of nitrogens with zero attached hydrogens (tertiary/aromatic N) is 2. The van der Waals surface area contributed by atoms with E-state index in [4.69, 9.17) is 5.73 Å². The molecule has 1 saturated heterocycles. The van der Waals surface area contributed by atoms with Crippen LogP contribution in [0.2, 0.25) is 0 Å². The second-order valence-corrected chi connectivity index (χ2v) is 6.05. The lowest BCUT2D eigenvalue weighted by atomic mass is 9.94. The highest BCUT2D eigenvalue weighted by atomic mass is 79.9. The summed E-state index contributed by atoms with van der Waals surface area (Å²) in [6.45, 7) is 3.19. The van der Waals surface area contributed by atoms with E-state index in [1.807, 2.05) is 0 Å². The second-order valence-electron chi connectivity index (χ2n) is 5.14. The van der Waals surface area contributed by atoms with Gasteiger partial charge in [0.15, 0.2) is 0 Å². The van der Waals surface area contributed by atoms with Gasteiger partial charge < -0.3 is 10.6 Å². The zero-order valence-corrected chi connectivity index (χ0v) is 12.7. The van der Waals surface area contributed by atoms with E-state index in [0.717, 1.165) is 6.42 Å². The van der Waals surface area contributed by atoms with Crippen molar-refractivity contribution in [1.29, 1.82) is 0 Å². The Morgan fingerprint density at radius 1 is 1.50 bits per heavy atom. The summed E-state index contributed by atoms with van der Waals surface area (Å²) in [7, 11) is 0. The predicted molar refractivity (Wildman–Crippen MR) is 78.5 cm³/mol. The Morgan fingerprint density at radius 3 is 2.80 bits per heavy atom. The summed E-state index contributed by atoms with van der Waals surface area (Å²) >= 11 is 3.20. The molecule has 1 aliphatic rings. The lowest BCUT2D eigenvalue weighted by molar-refractivity contribution is -0.385. The Morgan fingerprint density at radius 2 is 2.20 bits per heavy atom. The van der Waals surface area contributed by atoms with Gasteiger partial charge in [-0.3, -0.25) is 14.9 Å². The van der Waals surface area contributed by atoms with Crippen LogP contribution in [0.5, 0.6) is 0 Å². The van der Waals surface area contributed by atoms with Crippen molar-refractivity contribution in [3.63, 3.8) is 0 Å². The van der Waals surface area contributed by atoms with Gasteiger partial charge in [-0.1, -0.05) is 22.9 Å². The number of nitro groups is 1. The van der Waals surface area contributed by atoms with Gasteiger partial charge in [0, 0.05) is 41.3 Å². The normalized spacial score (nSPS) is 22.6. The van der Waals surface area contributed by atoms with Crippen molar-refractivity contribution in [3.8, 4) is 0 Å². The number of amides is 1. The van der Waals surface area contributed by atoms with Gasteiger partial charge in [-0.2, -0.15) is 0 Å². The fourth-order valence-electron chi connectivity index (χ4n) is 2.27. The highest BCUT2D eigenvalue weighted by Crippen LogP contribution is 2.24. The zero-order valence-electron chi connectivity index (χ0n) is 11.1. The summed E-state index contributed by atoms with van der Waals surface area (Å²) in [5, 5.41) is 10.8. The van der Waals surface area contributed by atoms with Crippen LogP contribution in [0.25, 0.3) is 0 Å². The van der Waals surface area contributed by atoms with Crippen LogP contribution in [0.1, 0.15) is 23.7 Å². The van der Waals surface area contributed by atoms with Crippen LogP contribution < -0.4 is 5.73 Å². The lowest BCUT2D eigenvalue weighted by Gasteiger charge is -2.35. The van der Waals surface area contributed by atoms with Gasteiger partial charge in [0.25, 0.3) is 11.6 Å². The smallest absolute Gasteiger partial charge is 0.271 e. The number of hydrogen-bond acceptors (Lipinski definition) is 4. The van der Waals surface area contributed by atoms with E-state index < -0.39 is 4.92 Å². The molecule has 0 radical (unpaired) electrons. The molecule has 0 aromatic heterocycles. The quantitative estimate of drug-likeness (QED) is 0.659. The third-order valence-corrected chi connectivity index (χ3v) is 4.10. The first kappa shape index (κ1) is 14.9. The van der Waals surface area contributed by atoms with Crippen LogP contribution in [0, 0.1) is 16.0 Å². The number of halogens is 1. The molecule has 108 valence electrons. The van der Waals surface area contributed by atoms with Crippen LogP contribution in [0.15, 0.2) is 22.7 Å². The van der Waals surface area contributed by atoms with Crippen molar-refractivity contribution < 1.29 is 9.72 Å². The molecule has 2 unspecified atom stereocenters. The standard InChI is InChI=1S/C13H16BrN3O3/c1-8-2-3-16(7-12(8)15)13(18)9-4-10(14)6-11(5-9)17(19)20/h4-6,8,12H,2-3,7,15H2,1H3. The second kappa shape index (κ2) is 5.88. The first-order chi connectivity index (χ1) is 9.38. The van der Waals surface area contributed by atoms with E-state index in [1.54, 1.807) is 11.0 Å². The average molecular weight is 342 g/mol. The molecular formula is C13H16BrN3O3. The molecule has 2 rings (SSSR count). The maximum absolute atomic E-state index is 12.4. The number of carbonyl (C=O) groups is 1. The number of carbonyl (C=O) groups excluding carboxylic acids is 1. The van der Waals surface area contributed by atoms with Crippen molar-refractivity contribution in [2.75, 3.05) is 13.1 Å². The van der Waals surface area contributed by atoms with E-state index in [-0.39, 0.29) is 17.6 Å². The molecule has 0 bridgehead atoms. The van der Waals surface area contributed by atoms with Crippen LogP contribution in [0.4, 0.5) is 5.69 Å². The van der Waals surface area contributed by atoms with Crippen molar-refractivity contribution in [3.05, 3.63) is 38.3 Å². The Bertz CT molecular complexity index is 550. The molecule has 2 N–H and O–H groups in total. The number of nitrogens with two attached hydrogens (primary N) is 1. The van der Waals surface area contributed by atoms with E-state index in [2.05, 4.69) is 22.9 Å². The summed E-state index contributed by atoms with van der Waals surface area (Å²) in [6.07, 6.45) is 0.850. The van der Waals surface area contributed by atoms with Gasteiger partial charge in [0.2, 0.25) is 0 Å². The van der Waals surface area contributed by atoms with E-state index >= 15 is 0 Å². The number of piperidine rings is 1. The minimum absolute atomic E-state index is 0.0464. The topological polar surface area (TPSA) is 89.5 Å². The summed E-state index contributed by atoms with van der Waals surface area (Å²) < 4.78 is 0.518. The molecule has 0 saturated carbocycles. The minimum Gasteiger partial charge on any atom is -0.337 e. The van der Waals surface area contributed by atoms with Crippen molar-refractivity contribution >= 4 is 27.5 Å². The van der Waals surface area contributed by atoms with Gasteiger partial charge in [-0.25, -0.2) is 0 Å². The van der Waals surface area contributed by atoms with Gasteiger partial charge in [-0.15, -0.1) is 0 Å². The molecule has 2 atom stereocenters. The number of likely N-dealkylation sites (tertiary alicyclic amines) is 1. The van der Waals surface area contributed by atoms with Crippen LogP contribution in [0.3, 0.4) is 0 Å². The number of nitro benzene ring substituents is 1. The van der Waals surface area contributed by atoms with E-state index in [1.165, 1.54) is 12.1 Å². The Labute approximate surface area is 125 Å². The summed E-state index contributed by atoms with van der Waals surface area (Å²) in [5.41, 5.74) is 6.19. The maximum atomic E-state index is 12.4. The molecule has 1 heterocycles. The van der Waals surface area contributed by atoms with Crippen LogP contribution in [-0.2, 0) is 0 Å². The summed E-state index contributed by atoms with van der Waals surface area (Å²) in [6, 6.07) is 4.23. The van der Waals surface area contributed by atoms with Gasteiger partial charge in [-0.05, 0) is 18.4 Å². The Hall–Kier alpha value is -1.47. The number of hydrogen-bond donors (Lipinski definition) is 1. The first-order valence-electron chi connectivity index (χ1n) is 6.38. The SMILES string of the molecule is CC1CCN(C(=O)c2cc(Br)cc([N+](=O)[O-])c2)CC1N. The van der Waals surface area contributed by atoms with Crippen molar-refractivity contribution in [2.45, 2.75) is 19.4 Å². The van der Waals surface area contributed by atoms with E-state index in [0.29, 0.717) is 29.0 Å². The summed E-state index contributed by atoms with van der Waals surface area (Å²) in [5.74, 6) is 0.174. The maximum Gasteiger partial charge on any atom is 0.271 e. The highest BCUT2D eigenvalue weighted by molar-refractivity contribution is 9.10. The summed E-state index contributed by atoms with van der Waals surface area (Å²) in [4.78, 5) is 24.4. The molecule has 0 aliphatic carbocycles. The number of rotatable bonds is 2. The molecule has 6 nitrogen and oxygen atoms in total. The Kier molecular flexibility index (Phi) is 4.39. The monoisotopic (exact) mass is 341 g/mol. The molecular weight excluding hydrogens is 326 g/mol. The molecule has 1 aliphatic heterocycles. The van der Waals surface area contributed by atoms with E-state index in [9.17, 15) is 14.9 Å². The first-order valence-corrected chi connectivity index (χ1v) is 7.17.